The highest BCUT2D eigenvalue weighted by Crippen LogP contribution is 2.33. The molecule has 0 aliphatic heterocycles. The molecule has 0 bridgehead atoms. The summed E-state index contributed by atoms with van der Waals surface area (Å²) in [5.41, 5.74) is 1.72. The Kier molecular flexibility index (Phi) is 6.50. The largest absolute Gasteiger partial charge is 0.438 e. The summed E-state index contributed by atoms with van der Waals surface area (Å²) in [5, 5.41) is 25.1. The molecule has 0 radical (unpaired) electrons. The number of aromatic nitrogens is 2. The number of amides is 2. The van der Waals surface area contributed by atoms with Gasteiger partial charge in [0.1, 0.15) is 22.2 Å². The molecular weight excluding hydrogens is 500 g/mol. The van der Waals surface area contributed by atoms with E-state index in [1.54, 1.807) is 62.4 Å². The summed E-state index contributed by atoms with van der Waals surface area (Å²) in [6.07, 6.45) is 1.80. The molecule has 1 aliphatic rings. The number of fused-ring (bicyclic) bond motifs is 1. The van der Waals surface area contributed by atoms with Gasteiger partial charge in [-0.15, -0.1) is 0 Å². The second kappa shape index (κ2) is 9.92. The normalized spacial score (nSPS) is 12.8. The summed E-state index contributed by atoms with van der Waals surface area (Å²) in [6, 6.07) is 19.3. The van der Waals surface area contributed by atoms with Gasteiger partial charge in [-0.3, -0.25) is 9.59 Å². The maximum Gasteiger partial charge on any atom is 0.255 e. The number of nitrogens with zero attached hydrogens (tertiary/aromatic N) is 4. The molecule has 1 fully saturated rings. The number of anilines is 2. The predicted octanol–water partition coefficient (Wildman–Crippen LogP) is 5.76. The number of rotatable bonds is 7. The van der Waals surface area contributed by atoms with Crippen molar-refractivity contribution >= 4 is 44.3 Å². The first-order valence-corrected chi connectivity index (χ1v) is 12.7. The van der Waals surface area contributed by atoms with E-state index in [0.717, 1.165) is 18.4 Å². The number of hydrogen-bond donors (Lipinski definition) is 2. The van der Waals surface area contributed by atoms with Crippen LogP contribution in [0.4, 0.5) is 10.8 Å². The molecule has 2 aromatic heterocycles. The third-order valence-electron chi connectivity index (χ3n) is 6.11. The summed E-state index contributed by atoms with van der Waals surface area (Å²) in [5.74, 6) is 0.148. The van der Waals surface area contributed by atoms with Gasteiger partial charge in [-0.05, 0) is 62.6 Å². The van der Waals surface area contributed by atoms with Crippen molar-refractivity contribution in [3.05, 3.63) is 71.3 Å². The van der Waals surface area contributed by atoms with Crippen LogP contribution < -0.4 is 15.4 Å². The molecule has 10 heteroatoms. The number of ether oxygens (including phenoxy) is 1. The third-order valence-corrected chi connectivity index (χ3v) is 6.99. The molecule has 9 nitrogen and oxygen atoms in total. The average Bonchev–Trinajstić information content (AvgIpc) is 3.69. The zero-order chi connectivity index (χ0) is 26.9. The molecule has 2 N–H and O–H groups in total. The monoisotopic (exact) mass is 522 g/mol. The number of carbonyl (C=O) groups excluding carboxylic acids is 2. The highest BCUT2D eigenvalue weighted by molar-refractivity contribution is 7.21. The van der Waals surface area contributed by atoms with E-state index in [2.05, 4.69) is 32.7 Å². The second-order valence-corrected chi connectivity index (χ2v) is 10.4. The van der Waals surface area contributed by atoms with Crippen molar-refractivity contribution in [2.75, 3.05) is 10.6 Å². The van der Waals surface area contributed by atoms with Crippen molar-refractivity contribution < 1.29 is 14.3 Å². The number of thiazole rings is 1. The van der Waals surface area contributed by atoms with Crippen LogP contribution in [0.3, 0.4) is 0 Å². The van der Waals surface area contributed by atoms with Crippen LogP contribution >= 0.6 is 11.3 Å². The van der Waals surface area contributed by atoms with Crippen LogP contribution in [0.15, 0.2) is 54.6 Å². The minimum absolute atomic E-state index is 0.0291. The van der Waals surface area contributed by atoms with Crippen molar-refractivity contribution in [3.63, 3.8) is 0 Å². The Hall–Kier alpha value is -4.80. The third kappa shape index (κ3) is 5.31. The van der Waals surface area contributed by atoms with Crippen molar-refractivity contribution in [3.8, 4) is 23.8 Å². The Morgan fingerprint density at radius 2 is 1.87 bits per heavy atom. The molecule has 1 aliphatic carbocycles. The van der Waals surface area contributed by atoms with Crippen molar-refractivity contribution in [1.29, 1.82) is 10.5 Å². The van der Waals surface area contributed by atoms with Crippen LogP contribution in [0.5, 0.6) is 11.6 Å². The number of carbonyl (C=O) groups is 2. The van der Waals surface area contributed by atoms with Crippen LogP contribution in [0.1, 0.15) is 48.2 Å². The van der Waals surface area contributed by atoms with Gasteiger partial charge in [0.05, 0.1) is 17.0 Å². The van der Waals surface area contributed by atoms with Crippen LogP contribution in [0, 0.1) is 28.6 Å². The number of nitriles is 2. The first-order chi connectivity index (χ1) is 18.3. The molecule has 1 saturated carbocycles. The van der Waals surface area contributed by atoms with E-state index in [-0.39, 0.29) is 34.9 Å². The van der Waals surface area contributed by atoms with Gasteiger partial charge < -0.3 is 15.4 Å². The minimum Gasteiger partial charge on any atom is -0.438 e. The summed E-state index contributed by atoms with van der Waals surface area (Å²) >= 11 is 1.24. The van der Waals surface area contributed by atoms with E-state index < -0.39 is 5.41 Å². The molecule has 188 valence electrons. The quantitative estimate of drug-likeness (QED) is 0.314. The Balaban J connectivity index is 1.35. The van der Waals surface area contributed by atoms with Gasteiger partial charge in [-0.1, -0.05) is 23.5 Å². The number of pyridine rings is 1. The summed E-state index contributed by atoms with van der Waals surface area (Å²) in [6.45, 7) is 3.58. The highest BCUT2D eigenvalue weighted by atomic mass is 32.1. The molecule has 2 amide bonds. The highest BCUT2D eigenvalue weighted by Gasteiger charge is 2.30. The zero-order valence-electron chi connectivity index (χ0n) is 20.6. The fraction of sp³-hybridized carbons (Fsp3) is 0.214. The maximum atomic E-state index is 12.9. The van der Waals surface area contributed by atoms with Gasteiger partial charge in [-0.2, -0.15) is 10.5 Å². The SMILES string of the molecule is CC(C)(C#N)c1cccc(C(=O)Nc2ccc(C#N)c(Oc3ccc4nc(NC(=O)C5CC5)sc4n3)c2)c1. The van der Waals surface area contributed by atoms with E-state index in [4.69, 9.17) is 4.74 Å². The number of benzene rings is 2. The van der Waals surface area contributed by atoms with Gasteiger partial charge in [0.25, 0.3) is 5.91 Å². The number of hydrogen-bond acceptors (Lipinski definition) is 8. The standard InChI is InChI=1S/C28H22N6O3S/c1-28(2,15-30)19-5-3-4-17(12-19)25(36)31-20-9-8-18(14-29)22(13-20)37-23-11-10-21-26(33-23)38-27(32-21)34-24(35)16-6-7-16/h3-5,8-13,16H,6-7H2,1-2H3,(H,31,36)(H,32,34,35). The van der Waals surface area contributed by atoms with Gasteiger partial charge in [0.2, 0.25) is 11.8 Å². The van der Waals surface area contributed by atoms with E-state index in [9.17, 15) is 20.1 Å². The van der Waals surface area contributed by atoms with Crippen molar-refractivity contribution in [2.24, 2.45) is 5.92 Å². The first kappa shape index (κ1) is 24.9. The Bertz CT molecular complexity index is 1660. The van der Waals surface area contributed by atoms with Crippen molar-refractivity contribution in [1.82, 2.24) is 9.97 Å². The lowest BCUT2D eigenvalue weighted by molar-refractivity contribution is -0.117. The molecule has 0 atom stereocenters. The fourth-order valence-electron chi connectivity index (χ4n) is 3.67. The topological polar surface area (TPSA) is 141 Å². The van der Waals surface area contributed by atoms with Crippen LogP contribution in [-0.2, 0) is 10.2 Å². The van der Waals surface area contributed by atoms with E-state index in [1.807, 2.05) is 6.07 Å². The molecule has 0 spiro atoms. The van der Waals surface area contributed by atoms with Gasteiger partial charge in [0.15, 0.2) is 5.13 Å². The molecule has 0 unspecified atom stereocenters. The van der Waals surface area contributed by atoms with E-state index in [1.165, 1.54) is 11.3 Å². The summed E-state index contributed by atoms with van der Waals surface area (Å²) < 4.78 is 5.92. The molecule has 4 aromatic rings. The maximum absolute atomic E-state index is 12.9. The first-order valence-electron chi connectivity index (χ1n) is 11.9. The molecule has 2 heterocycles. The average molecular weight is 523 g/mol. The van der Waals surface area contributed by atoms with E-state index in [0.29, 0.717) is 26.7 Å². The summed E-state index contributed by atoms with van der Waals surface area (Å²) in [7, 11) is 0. The lowest BCUT2D eigenvalue weighted by Gasteiger charge is -2.16. The Labute approximate surface area is 222 Å². The Morgan fingerprint density at radius 3 is 2.61 bits per heavy atom. The van der Waals surface area contributed by atoms with Gasteiger partial charge >= 0.3 is 0 Å². The van der Waals surface area contributed by atoms with Gasteiger partial charge in [0, 0.05) is 29.3 Å². The molecule has 38 heavy (non-hydrogen) atoms. The van der Waals surface area contributed by atoms with Gasteiger partial charge in [-0.25, -0.2) is 9.97 Å². The minimum atomic E-state index is -0.735. The molecule has 5 rings (SSSR count). The van der Waals surface area contributed by atoms with Crippen LogP contribution in [-0.4, -0.2) is 21.8 Å². The van der Waals surface area contributed by atoms with Crippen LogP contribution in [0.25, 0.3) is 10.3 Å². The lowest BCUT2D eigenvalue weighted by atomic mass is 9.85. The zero-order valence-corrected chi connectivity index (χ0v) is 21.4. The smallest absolute Gasteiger partial charge is 0.255 e. The molecular formula is C28H22N6O3S. The van der Waals surface area contributed by atoms with E-state index >= 15 is 0 Å². The van der Waals surface area contributed by atoms with Crippen molar-refractivity contribution in [2.45, 2.75) is 32.1 Å². The predicted molar refractivity (Wildman–Crippen MR) is 143 cm³/mol. The summed E-state index contributed by atoms with van der Waals surface area (Å²) in [4.78, 5) is 34.4. The second-order valence-electron chi connectivity index (χ2n) is 9.45. The fourth-order valence-corrected chi connectivity index (χ4v) is 4.50. The molecule has 0 saturated heterocycles. The lowest BCUT2D eigenvalue weighted by Crippen LogP contribution is -2.17. The van der Waals surface area contributed by atoms with Crippen LogP contribution in [0.2, 0.25) is 0 Å². The molecule has 2 aromatic carbocycles. The number of nitrogens with one attached hydrogen (secondary N) is 2. The Morgan fingerprint density at radius 1 is 1.05 bits per heavy atom.